The Hall–Kier alpha value is -1.84. The molecule has 4 nitrogen and oxygen atoms in total. The molecule has 12 heavy (non-hydrogen) atoms. The van der Waals surface area contributed by atoms with Gasteiger partial charge in [-0.2, -0.15) is 0 Å². The van der Waals surface area contributed by atoms with E-state index in [4.69, 9.17) is 5.11 Å². The lowest BCUT2D eigenvalue weighted by molar-refractivity contribution is -0.107. The fourth-order valence-corrected chi connectivity index (χ4v) is 0.805. The van der Waals surface area contributed by atoms with E-state index < -0.39 is 6.09 Å². The molecule has 4 heteroatoms. The van der Waals surface area contributed by atoms with Crippen molar-refractivity contribution < 1.29 is 14.7 Å². The number of carbonyl (C=O) groups excluding carboxylic acids is 1. The second-order valence-corrected chi connectivity index (χ2v) is 2.09. The number of hydrogen-bond acceptors (Lipinski definition) is 2. The molecule has 0 saturated heterocycles. The summed E-state index contributed by atoms with van der Waals surface area (Å²) in [5, 5.41) is 8.52. The lowest BCUT2D eigenvalue weighted by Crippen LogP contribution is -2.26. The van der Waals surface area contributed by atoms with Crippen molar-refractivity contribution in [2.75, 3.05) is 4.90 Å². The molecule has 2 amide bonds. The Balaban J connectivity index is 2.95. The molecule has 0 aliphatic rings. The van der Waals surface area contributed by atoms with E-state index in [9.17, 15) is 9.59 Å². The zero-order valence-corrected chi connectivity index (χ0v) is 6.18. The van der Waals surface area contributed by atoms with Crippen molar-refractivity contribution in [3.63, 3.8) is 0 Å². The zero-order valence-electron chi connectivity index (χ0n) is 6.18. The van der Waals surface area contributed by atoms with E-state index in [0.717, 1.165) is 0 Å². The first-order valence-electron chi connectivity index (χ1n) is 3.28. The number of amides is 2. The molecule has 0 aliphatic heterocycles. The summed E-state index contributed by atoms with van der Waals surface area (Å²) in [4.78, 5) is 21.3. The second-order valence-electron chi connectivity index (χ2n) is 2.09. The molecule has 0 bridgehead atoms. The van der Waals surface area contributed by atoms with Crippen LogP contribution in [0.1, 0.15) is 0 Å². The quantitative estimate of drug-likeness (QED) is 0.672. The maximum absolute atomic E-state index is 10.4. The standard InChI is InChI=1S/C8H7NO3/c10-6-9(8(11)12)7-4-2-1-3-5-7/h1-6H,(H,11,12). The summed E-state index contributed by atoms with van der Waals surface area (Å²) in [6.07, 6.45) is -1.02. The predicted molar refractivity (Wildman–Crippen MR) is 43.0 cm³/mol. The molecule has 1 aromatic rings. The molecule has 0 aromatic heterocycles. The Kier molecular flexibility index (Phi) is 2.42. The van der Waals surface area contributed by atoms with Crippen LogP contribution >= 0.6 is 0 Å². The molecule has 1 aromatic carbocycles. The van der Waals surface area contributed by atoms with Gasteiger partial charge in [-0.05, 0) is 12.1 Å². The van der Waals surface area contributed by atoms with E-state index in [0.29, 0.717) is 10.6 Å². The van der Waals surface area contributed by atoms with Crippen molar-refractivity contribution in [1.82, 2.24) is 0 Å². The third kappa shape index (κ3) is 1.60. The normalized spacial score (nSPS) is 9.00. The van der Waals surface area contributed by atoms with Gasteiger partial charge in [0.25, 0.3) is 0 Å². The van der Waals surface area contributed by atoms with Gasteiger partial charge in [0, 0.05) is 0 Å². The second kappa shape index (κ2) is 3.52. The number of rotatable bonds is 2. The lowest BCUT2D eigenvalue weighted by atomic mass is 10.3. The Labute approximate surface area is 69.0 Å². The van der Waals surface area contributed by atoms with E-state index in [-0.39, 0.29) is 6.41 Å². The summed E-state index contributed by atoms with van der Waals surface area (Å²) in [5.41, 5.74) is 0.347. The Morgan fingerprint density at radius 3 is 2.33 bits per heavy atom. The first kappa shape index (κ1) is 8.26. The molecule has 0 saturated carbocycles. The third-order valence-corrected chi connectivity index (χ3v) is 1.35. The first-order valence-corrected chi connectivity index (χ1v) is 3.28. The number of imide groups is 1. The van der Waals surface area contributed by atoms with Gasteiger partial charge in [0.1, 0.15) is 0 Å². The molecule has 0 spiro atoms. The van der Waals surface area contributed by atoms with Crippen LogP contribution < -0.4 is 4.90 Å². The molecule has 0 radical (unpaired) electrons. The fraction of sp³-hybridized carbons (Fsp3) is 0. The maximum atomic E-state index is 10.4. The van der Waals surface area contributed by atoms with Crippen LogP contribution in [0, 0.1) is 0 Å². The molecule has 0 aliphatic carbocycles. The molecular formula is C8H7NO3. The van der Waals surface area contributed by atoms with Crippen molar-refractivity contribution in [1.29, 1.82) is 0 Å². The van der Waals surface area contributed by atoms with Crippen LogP contribution in [0.4, 0.5) is 10.5 Å². The van der Waals surface area contributed by atoms with E-state index in [2.05, 4.69) is 0 Å². The van der Waals surface area contributed by atoms with Crippen LogP contribution in [0.25, 0.3) is 0 Å². The minimum Gasteiger partial charge on any atom is -0.464 e. The van der Waals surface area contributed by atoms with Crippen LogP contribution in [-0.4, -0.2) is 17.6 Å². The number of hydrogen-bond donors (Lipinski definition) is 1. The van der Waals surface area contributed by atoms with Crippen molar-refractivity contribution >= 4 is 18.2 Å². The highest BCUT2D eigenvalue weighted by atomic mass is 16.4. The topological polar surface area (TPSA) is 57.6 Å². The Morgan fingerprint density at radius 2 is 1.92 bits per heavy atom. The van der Waals surface area contributed by atoms with Gasteiger partial charge in [0.2, 0.25) is 6.41 Å². The molecule has 1 N–H and O–H groups in total. The molecule has 0 unspecified atom stereocenters. The van der Waals surface area contributed by atoms with Gasteiger partial charge in [-0.3, -0.25) is 4.79 Å². The van der Waals surface area contributed by atoms with Gasteiger partial charge in [-0.1, -0.05) is 18.2 Å². The van der Waals surface area contributed by atoms with Gasteiger partial charge < -0.3 is 5.11 Å². The maximum Gasteiger partial charge on any atom is 0.418 e. The number of carbonyl (C=O) groups is 2. The highest BCUT2D eigenvalue weighted by Gasteiger charge is 2.11. The highest BCUT2D eigenvalue weighted by Crippen LogP contribution is 2.10. The van der Waals surface area contributed by atoms with Crippen LogP contribution in [0.5, 0.6) is 0 Å². The van der Waals surface area contributed by atoms with Crippen LogP contribution in [-0.2, 0) is 4.79 Å². The third-order valence-electron chi connectivity index (χ3n) is 1.35. The summed E-state index contributed by atoms with van der Waals surface area (Å²) < 4.78 is 0. The van der Waals surface area contributed by atoms with Crippen molar-refractivity contribution in [3.8, 4) is 0 Å². The van der Waals surface area contributed by atoms with Crippen molar-refractivity contribution in [3.05, 3.63) is 30.3 Å². The molecule has 0 heterocycles. The Morgan fingerprint density at radius 1 is 1.33 bits per heavy atom. The van der Waals surface area contributed by atoms with Gasteiger partial charge >= 0.3 is 6.09 Å². The van der Waals surface area contributed by atoms with Crippen LogP contribution in [0.15, 0.2) is 30.3 Å². The van der Waals surface area contributed by atoms with Crippen molar-refractivity contribution in [2.24, 2.45) is 0 Å². The van der Waals surface area contributed by atoms with E-state index >= 15 is 0 Å². The number of anilines is 1. The highest BCUT2D eigenvalue weighted by molar-refractivity contribution is 6.02. The van der Waals surface area contributed by atoms with Gasteiger partial charge in [0.05, 0.1) is 5.69 Å². The van der Waals surface area contributed by atoms with Crippen molar-refractivity contribution in [2.45, 2.75) is 0 Å². The fourth-order valence-electron chi connectivity index (χ4n) is 0.805. The summed E-state index contributed by atoms with van der Waals surface area (Å²) in [6, 6.07) is 8.16. The smallest absolute Gasteiger partial charge is 0.418 e. The van der Waals surface area contributed by atoms with Gasteiger partial charge in [-0.15, -0.1) is 0 Å². The number of para-hydroxylation sites is 1. The SMILES string of the molecule is O=CN(C(=O)O)c1ccccc1. The van der Waals surface area contributed by atoms with Crippen LogP contribution in [0.2, 0.25) is 0 Å². The summed E-state index contributed by atoms with van der Waals surface area (Å²) in [5.74, 6) is 0. The average Bonchev–Trinajstić information content (AvgIpc) is 2.07. The molecule has 1 rings (SSSR count). The summed E-state index contributed by atoms with van der Waals surface area (Å²) in [6.45, 7) is 0. The van der Waals surface area contributed by atoms with Gasteiger partial charge in [-0.25, -0.2) is 9.69 Å². The van der Waals surface area contributed by atoms with Gasteiger partial charge in [0.15, 0.2) is 0 Å². The van der Waals surface area contributed by atoms with E-state index in [1.807, 2.05) is 0 Å². The molecular weight excluding hydrogens is 158 g/mol. The average molecular weight is 165 g/mol. The largest absolute Gasteiger partial charge is 0.464 e. The lowest BCUT2D eigenvalue weighted by Gasteiger charge is -2.09. The first-order chi connectivity index (χ1) is 5.75. The predicted octanol–water partition coefficient (Wildman–Crippen LogP) is 1.33. The molecule has 0 fully saturated rings. The summed E-state index contributed by atoms with van der Waals surface area (Å²) in [7, 11) is 0. The number of benzene rings is 1. The summed E-state index contributed by atoms with van der Waals surface area (Å²) >= 11 is 0. The number of nitrogens with zero attached hydrogens (tertiary/aromatic N) is 1. The minimum absolute atomic E-state index is 0.262. The molecule has 62 valence electrons. The zero-order chi connectivity index (χ0) is 8.97. The Bertz CT molecular complexity index is 284. The van der Waals surface area contributed by atoms with E-state index in [1.54, 1.807) is 30.3 Å². The van der Waals surface area contributed by atoms with E-state index in [1.165, 1.54) is 0 Å². The van der Waals surface area contributed by atoms with Crippen LogP contribution in [0.3, 0.4) is 0 Å². The molecule has 0 atom stereocenters. The minimum atomic E-state index is -1.28. The monoisotopic (exact) mass is 165 g/mol. The number of carboxylic acid groups (broad SMARTS) is 1.